The van der Waals surface area contributed by atoms with Crippen molar-refractivity contribution >= 4 is 43.3 Å². The zero-order valence-corrected chi connectivity index (χ0v) is 34.5. The minimum atomic E-state index is -0.820. The molecule has 1 amide bonds. The second-order valence-electron chi connectivity index (χ2n) is 17.2. The van der Waals surface area contributed by atoms with Gasteiger partial charge in [-0.1, -0.05) is 66.0 Å². The summed E-state index contributed by atoms with van der Waals surface area (Å²) in [5, 5.41) is 13.6. The van der Waals surface area contributed by atoms with Gasteiger partial charge < -0.3 is 26.8 Å². The molecule has 10 atom stereocenters. The van der Waals surface area contributed by atoms with Crippen molar-refractivity contribution in [3.63, 3.8) is 0 Å². The fraction of sp³-hybridized carbons (Fsp3) is 0.925. The van der Waals surface area contributed by atoms with E-state index in [1.165, 1.54) is 70.6 Å². The van der Waals surface area contributed by atoms with Gasteiger partial charge in [0.2, 0.25) is 0 Å². The molecule has 4 aliphatic rings. The van der Waals surface area contributed by atoms with Crippen LogP contribution in [0.1, 0.15) is 138 Å². The molecule has 0 aromatic rings. The van der Waals surface area contributed by atoms with E-state index in [0.29, 0.717) is 49.0 Å². The Kier molecular flexibility index (Phi) is 20.5. The molecule has 3 saturated carbocycles. The Labute approximate surface area is 320 Å². The molecule has 0 heterocycles. The molecule has 49 heavy (non-hydrogen) atoms. The highest BCUT2D eigenvalue weighted by Crippen LogP contribution is 2.67. The van der Waals surface area contributed by atoms with Gasteiger partial charge in [-0.25, -0.2) is 4.79 Å². The van der Waals surface area contributed by atoms with Gasteiger partial charge in [0.25, 0.3) is 0 Å². The smallest absolute Gasteiger partial charge is 0.407 e. The van der Waals surface area contributed by atoms with Crippen molar-refractivity contribution in [3.05, 3.63) is 11.6 Å². The van der Waals surface area contributed by atoms with Gasteiger partial charge in [-0.15, -0.1) is 37.2 Å². The molecular weight excluding hydrogens is 675 g/mol. The van der Waals surface area contributed by atoms with Crippen molar-refractivity contribution in [1.29, 1.82) is 0 Å². The molecule has 6 nitrogen and oxygen atoms in total. The van der Waals surface area contributed by atoms with Crippen LogP contribution in [-0.4, -0.2) is 54.9 Å². The first-order chi connectivity index (χ1) is 22.0. The van der Waals surface area contributed by atoms with Gasteiger partial charge >= 0.3 is 6.09 Å². The molecule has 4 rings (SSSR count). The molecule has 9 heteroatoms. The number of nitrogens with zero attached hydrogens (tertiary/aromatic N) is 1. The molecule has 0 aromatic carbocycles. The first kappa shape index (κ1) is 46.8. The molecular formula is C40H77Cl3N4O2. The van der Waals surface area contributed by atoms with Gasteiger partial charge in [-0.05, 0) is 161 Å². The van der Waals surface area contributed by atoms with Crippen molar-refractivity contribution in [2.45, 2.75) is 144 Å². The summed E-state index contributed by atoms with van der Waals surface area (Å²) in [5.41, 5.74) is 14.2. The zero-order valence-electron chi connectivity index (χ0n) is 32.1. The lowest BCUT2D eigenvalue weighted by Crippen LogP contribution is -2.51. The third kappa shape index (κ3) is 10.9. The molecule has 0 bridgehead atoms. The molecule has 4 aliphatic carbocycles. The van der Waals surface area contributed by atoms with Crippen LogP contribution in [0, 0.1) is 58.2 Å². The number of nitrogens with two attached hydrogens (primary N) is 2. The quantitative estimate of drug-likeness (QED) is 0.0825. The number of amides is 1. The summed E-state index contributed by atoms with van der Waals surface area (Å²) >= 11 is 0. The van der Waals surface area contributed by atoms with E-state index in [1.807, 2.05) is 0 Å². The summed E-state index contributed by atoms with van der Waals surface area (Å²) in [4.78, 5) is 13.3. The summed E-state index contributed by atoms with van der Waals surface area (Å²) < 4.78 is 0. The van der Waals surface area contributed by atoms with E-state index < -0.39 is 6.09 Å². The van der Waals surface area contributed by atoms with Crippen LogP contribution >= 0.6 is 37.2 Å². The lowest BCUT2D eigenvalue weighted by Gasteiger charge is -2.59. The van der Waals surface area contributed by atoms with E-state index >= 15 is 0 Å². The van der Waals surface area contributed by atoms with Gasteiger partial charge in [0.15, 0.2) is 0 Å². The number of rotatable bonds is 18. The topological polar surface area (TPSA) is 105 Å². The second kappa shape index (κ2) is 21.5. The number of halogens is 3. The highest BCUT2D eigenvalue weighted by atomic mass is 35.5. The van der Waals surface area contributed by atoms with Crippen LogP contribution in [0.3, 0.4) is 0 Å². The second-order valence-corrected chi connectivity index (χ2v) is 17.2. The highest BCUT2D eigenvalue weighted by Gasteiger charge is 2.59. The predicted molar refractivity (Wildman–Crippen MR) is 215 cm³/mol. The lowest BCUT2D eigenvalue weighted by molar-refractivity contribution is -0.0540. The number of carbonyl (C=O) groups is 1. The molecule has 0 spiro atoms. The maximum absolute atomic E-state index is 11.8. The number of carboxylic acid groups (broad SMARTS) is 1. The summed E-state index contributed by atoms with van der Waals surface area (Å²) in [5.74, 6) is 6.70. The Bertz CT molecular complexity index is 1000. The number of hydrogen-bond donors (Lipinski definition) is 4. The Hall–Kier alpha value is -0.240. The molecule has 0 aliphatic heterocycles. The average Bonchev–Trinajstić information content (AvgIpc) is 3.38. The summed E-state index contributed by atoms with van der Waals surface area (Å²) in [7, 11) is 0. The van der Waals surface area contributed by atoms with Crippen molar-refractivity contribution in [3.8, 4) is 0 Å². The van der Waals surface area contributed by atoms with Gasteiger partial charge in [0.05, 0.1) is 0 Å². The van der Waals surface area contributed by atoms with E-state index in [2.05, 4.69) is 52.9 Å². The fourth-order valence-corrected chi connectivity index (χ4v) is 11.7. The summed E-state index contributed by atoms with van der Waals surface area (Å²) in [6.07, 6.45) is 20.6. The molecule has 290 valence electrons. The molecule has 0 radical (unpaired) electrons. The first-order valence-corrected chi connectivity index (χ1v) is 19.8. The van der Waals surface area contributed by atoms with Gasteiger partial charge in [0.1, 0.15) is 0 Å². The standard InChI is InChI=1S/C40H74N4O2.3ClH/c1-7-30(28(2)3)13-12-29(4)34-16-17-35-33-15-14-32-27-31(18-20-39(32,5)36(33)19-21-40(34,35)6)37(43-24-9-22-41)11-8-25-44(38(45)46)26-10-23-42;;;/h14,28-31,33-37,43H,7-13,15-27,41-42H2,1-6H3,(H,45,46);3*1H/t29-,30-,31+,33+,34-,35+,36+,37?,39+,40-;;;/m1.../s1. The molecule has 0 aromatic heterocycles. The van der Waals surface area contributed by atoms with E-state index in [9.17, 15) is 9.90 Å². The molecule has 0 saturated heterocycles. The van der Waals surface area contributed by atoms with Crippen molar-refractivity contribution in [2.75, 3.05) is 32.7 Å². The molecule has 3 fully saturated rings. The Morgan fingerprint density at radius 3 is 2.27 bits per heavy atom. The minimum Gasteiger partial charge on any atom is -0.465 e. The largest absolute Gasteiger partial charge is 0.465 e. The first-order valence-electron chi connectivity index (χ1n) is 19.8. The van der Waals surface area contributed by atoms with E-state index in [4.69, 9.17) is 11.5 Å². The number of hydrogen-bond acceptors (Lipinski definition) is 4. The molecule has 6 N–H and O–H groups in total. The van der Waals surface area contributed by atoms with Crippen molar-refractivity contribution in [2.24, 2.45) is 69.6 Å². The van der Waals surface area contributed by atoms with Crippen LogP contribution in [0.25, 0.3) is 0 Å². The van der Waals surface area contributed by atoms with Crippen molar-refractivity contribution in [1.82, 2.24) is 10.2 Å². The van der Waals surface area contributed by atoms with Crippen LogP contribution in [-0.2, 0) is 0 Å². The van der Waals surface area contributed by atoms with Gasteiger partial charge in [0, 0.05) is 19.1 Å². The number of nitrogens with one attached hydrogen (secondary N) is 1. The maximum Gasteiger partial charge on any atom is 0.407 e. The zero-order chi connectivity index (χ0) is 33.5. The third-order valence-electron chi connectivity index (χ3n) is 14.6. The third-order valence-corrected chi connectivity index (χ3v) is 14.6. The van der Waals surface area contributed by atoms with Gasteiger partial charge in [-0.2, -0.15) is 0 Å². The van der Waals surface area contributed by atoms with Crippen LogP contribution in [0.2, 0.25) is 0 Å². The van der Waals surface area contributed by atoms with Crippen molar-refractivity contribution < 1.29 is 9.90 Å². The van der Waals surface area contributed by atoms with E-state index in [0.717, 1.165) is 73.7 Å². The predicted octanol–water partition coefficient (Wildman–Crippen LogP) is 9.96. The Morgan fingerprint density at radius 2 is 1.63 bits per heavy atom. The SMILES string of the molecule is CC[C@H](CC[C@@H](C)[C@H]1CC[C@H]2[C@@H]3CC=C4C[C@@H](C(CCCN(CCCN)C(=O)O)NCCCN)CC[C@]4(C)[C@H]3CC[C@]12C)C(C)C.Cl.Cl.Cl. The van der Waals surface area contributed by atoms with Gasteiger partial charge in [-0.3, -0.25) is 0 Å². The van der Waals surface area contributed by atoms with Crippen LogP contribution in [0.5, 0.6) is 0 Å². The molecule has 1 unspecified atom stereocenters. The normalized spacial score (nSPS) is 32.2. The van der Waals surface area contributed by atoms with E-state index in [-0.39, 0.29) is 37.2 Å². The number of fused-ring (bicyclic) bond motifs is 5. The highest BCUT2D eigenvalue weighted by molar-refractivity contribution is 5.86. The van der Waals surface area contributed by atoms with Crippen LogP contribution in [0.4, 0.5) is 4.79 Å². The van der Waals surface area contributed by atoms with Crippen LogP contribution in [0.15, 0.2) is 11.6 Å². The minimum absolute atomic E-state index is 0. The van der Waals surface area contributed by atoms with E-state index in [1.54, 1.807) is 10.5 Å². The Morgan fingerprint density at radius 1 is 0.939 bits per heavy atom. The van der Waals surface area contributed by atoms with Crippen LogP contribution < -0.4 is 16.8 Å². The summed E-state index contributed by atoms with van der Waals surface area (Å²) in [6, 6.07) is 0.426. The fourth-order valence-electron chi connectivity index (χ4n) is 11.7. The monoisotopic (exact) mass is 751 g/mol. The Balaban J connectivity index is 0.00000400. The lowest BCUT2D eigenvalue weighted by atomic mass is 9.46. The average molecular weight is 752 g/mol. The summed E-state index contributed by atoms with van der Waals surface area (Å²) in [6.45, 7) is 18.5. The maximum atomic E-state index is 11.8. The number of allylic oxidation sites excluding steroid dienone is 2.